The van der Waals surface area contributed by atoms with Crippen LogP contribution in [0.2, 0.25) is 0 Å². The fourth-order valence-electron chi connectivity index (χ4n) is 2.08. The van der Waals surface area contributed by atoms with Crippen LogP contribution in [0, 0.1) is 5.82 Å². The number of nitrogens with zero attached hydrogens (tertiary/aromatic N) is 1. The fraction of sp³-hybridized carbons (Fsp3) is 0.0588. The van der Waals surface area contributed by atoms with Gasteiger partial charge in [0.1, 0.15) is 5.82 Å². The van der Waals surface area contributed by atoms with Gasteiger partial charge in [-0.05, 0) is 42.5 Å². The van der Waals surface area contributed by atoms with Crippen molar-refractivity contribution in [3.63, 3.8) is 0 Å². The third-order valence-electron chi connectivity index (χ3n) is 3.14. The zero-order valence-electron chi connectivity index (χ0n) is 11.9. The minimum absolute atomic E-state index is 0.0945. The third-order valence-corrected chi connectivity index (χ3v) is 3.63. The van der Waals surface area contributed by atoms with Gasteiger partial charge in [0.15, 0.2) is 5.76 Å². The standard InChI is InChI=1S/C17H12BrFN2O2/c18-12-2-1-3-14(8-12)20-17(22)10-15-9-16(23-21-15)11-4-6-13(19)7-5-11/h1-9H,10H2,(H,20,22). The van der Waals surface area contributed by atoms with Crippen molar-refractivity contribution < 1.29 is 13.7 Å². The van der Waals surface area contributed by atoms with Crippen molar-refractivity contribution in [1.82, 2.24) is 5.16 Å². The normalized spacial score (nSPS) is 10.5. The molecular formula is C17H12BrFN2O2. The van der Waals surface area contributed by atoms with Crippen molar-refractivity contribution >= 4 is 27.5 Å². The van der Waals surface area contributed by atoms with Crippen LogP contribution < -0.4 is 5.32 Å². The number of aromatic nitrogens is 1. The summed E-state index contributed by atoms with van der Waals surface area (Å²) in [4.78, 5) is 12.0. The molecule has 2 aromatic carbocycles. The number of hydrogen-bond acceptors (Lipinski definition) is 3. The molecule has 6 heteroatoms. The smallest absolute Gasteiger partial charge is 0.230 e. The third kappa shape index (κ3) is 4.04. The second kappa shape index (κ2) is 6.75. The predicted molar refractivity (Wildman–Crippen MR) is 88.4 cm³/mol. The van der Waals surface area contributed by atoms with Gasteiger partial charge in [-0.1, -0.05) is 27.2 Å². The van der Waals surface area contributed by atoms with Crippen LogP contribution >= 0.6 is 15.9 Å². The quantitative estimate of drug-likeness (QED) is 0.734. The lowest BCUT2D eigenvalue weighted by Gasteiger charge is -2.03. The van der Waals surface area contributed by atoms with Crippen LogP contribution in [-0.2, 0) is 11.2 Å². The topological polar surface area (TPSA) is 55.1 Å². The molecule has 0 atom stereocenters. The Bertz CT molecular complexity index is 831. The Morgan fingerprint density at radius 1 is 1.17 bits per heavy atom. The van der Waals surface area contributed by atoms with Gasteiger partial charge in [-0.3, -0.25) is 4.79 Å². The van der Waals surface area contributed by atoms with Gasteiger partial charge < -0.3 is 9.84 Å². The van der Waals surface area contributed by atoms with Gasteiger partial charge in [0.25, 0.3) is 0 Å². The summed E-state index contributed by atoms with van der Waals surface area (Å²) in [6, 6.07) is 14.9. The summed E-state index contributed by atoms with van der Waals surface area (Å²) in [5.74, 6) is -0.0146. The first kappa shape index (κ1) is 15.4. The van der Waals surface area contributed by atoms with Crippen molar-refractivity contribution in [3.05, 3.63) is 70.6 Å². The maximum Gasteiger partial charge on any atom is 0.230 e. The Hall–Kier alpha value is -2.47. The van der Waals surface area contributed by atoms with Gasteiger partial charge in [0.05, 0.1) is 12.1 Å². The molecule has 0 aliphatic carbocycles. The minimum Gasteiger partial charge on any atom is -0.356 e. The lowest BCUT2D eigenvalue weighted by molar-refractivity contribution is -0.115. The van der Waals surface area contributed by atoms with Gasteiger partial charge in [0, 0.05) is 21.8 Å². The molecule has 0 aliphatic rings. The van der Waals surface area contributed by atoms with Crippen LogP contribution in [0.4, 0.5) is 10.1 Å². The van der Waals surface area contributed by atoms with E-state index in [0.29, 0.717) is 22.7 Å². The van der Waals surface area contributed by atoms with E-state index in [1.54, 1.807) is 24.3 Å². The Labute approximate surface area is 140 Å². The van der Waals surface area contributed by atoms with Gasteiger partial charge in [-0.15, -0.1) is 0 Å². The maximum absolute atomic E-state index is 12.9. The second-order valence-electron chi connectivity index (χ2n) is 4.92. The number of carbonyl (C=O) groups is 1. The van der Waals surface area contributed by atoms with Crippen LogP contribution in [-0.4, -0.2) is 11.1 Å². The Kier molecular flexibility index (Phi) is 4.52. The Morgan fingerprint density at radius 2 is 1.96 bits per heavy atom. The average molecular weight is 375 g/mol. The molecule has 0 aliphatic heterocycles. The highest BCUT2D eigenvalue weighted by atomic mass is 79.9. The fourth-order valence-corrected chi connectivity index (χ4v) is 2.48. The largest absolute Gasteiger partial charge is 0.356 e. The van der Waals surface area contributed by atoms with Gasteiger partial charge in [0.2, 0.25) is 5.91 Å². The van der Waals surface area contributed by atoms with Crippen LogP contribution in [0.15, 0.2) is 63.6 Å². The van der Waals surface area contributed by atoms with Crippen molar-refractivity contribution in [2.45, 2.75) is 6.42 Å². The summed E-state index contributed by atoms with van der Waals surface area (Å²) in [7, 11) is 0. The first-order valence-corrected chi connectivity index (χ1v) is 7.66. The molecule has 1 N–H and O–H groups in total. The van der Waals surface area contributed by atoms with E-state index in [2.05, 4.69) is 26.4 Å². The lowest BCUT2D eigenvalue weighted by Crippen LogP contribution is -2.14. The first-order chi connectivity index (χ1) is 11.1. The Balaban J connectivity index is 1.66. The van der Waals surface area contributed by atoms with Crippen LogP contribution in [0.3, 0.4) is 0 Å². The number of rotatable bonds is 4. The number of anilines is 1. The lowest BCUT2D eigenvalue weighted by atomic mass is 10.1. The molecule has 4 nitrogen and oxygen atoms in total. The van der Waals surface area contributed by atoms with Crippen molar-refractivity contribution in [2.75, 3.05) is 5.32 Å². The number of amides is 1. The molecule has 0 saturated carbocycles. The maximum atomic E-state index is 12.9. The van der Waals surface area contributed by atoms with E-state index in [1.807, 2.05) is 18.2 Å². The Morgan fingerprint density at radius 3 is 2.70 bits per heavy atom. The number of halogens is 2. The van der Waals surface area contributed by atoms with Gasteiger partial charge in [-0.25, -0.2) is 4.39 Å². The van der Waals surface area contributed by atoms with E-state index in [4.69, 9.17) is 4.52 Å². The summed E-state index contributed by atoms with van der Waals surface area (Å²) in [6.07, 6.45) is 0.0945. The molecule has 1 aromatic heterocycles. The van der Waals surface area contributed by atoms with Crippen LogP contribution in [0.25, 0.3) is 11.3 Å². The number of carbonyl (C=O) groups excluding carboxylic acids is 1. The van der Waals surface area contributed by atoms with Crippen LogP contribution in [0.5, 0.6) is 0 Å². The molecule has 3 aromatic rings. The van der Waals surface area contributed by atoms with E-state index >= 15 is 0 Å². The molecule has 0 fully saturated rings. The number of benzene rings is 2. The van der Waals surface area contributed by atoms with Gasteiger partial charge >= 0.3 is 0 Å². The summed E-state index contributed by atoms with van der Waals surface area (Å²) in [5.41, 5.74) is 1.92. The van der Waals surface area contributed by atoms with Crippen LogP contribution in [0.1, 0.15) is 5.69 Å². The van der Waals surface area contributed by atoms with E-state index < -0.39 is 0 Å². The minimum atomic E-state index is -0.318. The molecule has 1 amide bonds. The van der Waals surface area contributed by atoms with Gasteiger partial charge in [-0.2, -0.15) is 0 Å². The van der Waals surface area contributed by atoms with E-state index in [9.17, 15) is 9.18 Å². The van der Waals surface area contributed by atoms with E-state index in [-0.39, 0.29) is 18.1 Å². The zero-order chi connectivity index (χ0) is 16.2. The SMILES string of the molecule is O=C(Cc1cc(-c2ccc(F)cc2)on1)Nc1cccc(Br)c1. The molecule has 116 valence electrons. The number of hydrogen-bond donors (Lipinski definition) is 1. The number of nitrogens with one attached hydrogen (secondary N) is 1. The summed E-state index contributed by atoms with van der Waals surface area (Å²) in [6.45, 7) is 0. The monoisotopic (exact) mass is 374 g/mol. The van der Waals surface area contributed by atoms with E-state index in [1.165, 1.54) is 12.1 Å². The summed E-state index contributed by atoms with van der Waals surface area (Å²) < 4.78 is 19.0. The first-order valence-electron chi connectivity index (χ1n) is 6.87. The van der Waals surface area contributed by atoms with Crippen molar-refractivity contribution in [3.8, 4) is 11.3 Å². The molecule has 0 radical (unpaired) electrons. The molecule has 0 bridgehead atoms. The summed E-state index contributed by atoms with van der Waals surface area (Å²) in [5, 5.41) is 6.66. The van der Waals surface area contributed by atoms with Crippen molar-refractivity contribution in [2.24, 2.45) is 0 Å². The molecule has 23 heavy (non-hydrogen) atoms. The summed E-state index contributed by atoms with van der Waals surface area (Å²) >= 11 is 3.35. The molecular weight excluding hydrogens is 363 g/mol. The van der Waals surface area contributed by atoms with Crippen molar-refractivity contribution in [1.29, 1.82) is 0 Å². The highest BCUT2D eigenvalue weighted by molar-refractivity contribution is 9.10. The molecule has 0 saturated heterocycles. The highest BCUT2D eigenvalue weighted by Gasteiger charge is 2.11. The molecule has 3 rings (SSSR count). The molecule has 1 heterocycles. The zero-order valence-corrected chi connectivity index (χ0v) is 13.5. The predicted octanol–water partition coefficient (Wildman–Crippen LogP) is 4.42. The highest BCUT2D eigenvalue weighted by Crippen LogP contribution is 2.21. The molecule has 0 unspecified atom stereocenters. The second-order valence-corrected chi connectivity index (χ2v) is 5.84. The van der Waals surface area contributed by atoms with E-state index in [0.717, 1.165) is 4.47 Å². The molecule has 0 spiro atoms. The average Bonchev–Trinajstić information content (AvgIpc) is 2.96.